The molecule has 0 atom stereocenters. The molecule has 0 saturated heterocycles. The van der Waals surface area contributed by atoms with E-state index in [4.69, 9.17) is 51.1 Å². The summed E-state index contributed by atoms with van der Waals surface area (Å²) in [6.07, 6.45) is 0.659. The molecule has 2 rings (SSSR count). The first-order valence-corrected chi connectivity index (χ1v) is 7.04. The van der Waals surface area contributed by atoms with E-state index >= 15 is 0 Å². The van der Waals surface area contributed by atoms with Crippen molar-refractivity contribution in [2.45, 2.75) is 6.61 Å². The molecular formula is C14H8Cl4O2. The number of hydrogen-bond acceptors (Lipinski definition) is 2. The van der Waals surface area contributed by atoms with Gasteiger partial charge < -0.3 is 4.74 Å². The molecule has 20 heavy (non-hydrogen) atoms. The summed E-state index contributed by atoms with van der Waals surface area (Å²) >= 11 is 24.1. The van der Waals surface area contributed by atoms with Crippen LogP contribution in [0.25, 0.3) is 0 Å². The van der Waals surface area contributed by atoms with Crippen molar-refractivity contribution in [1.29, 1.82) is 0 Å². The molecule has 0 aliphatic heterocycles. The van der Waals surface area contributed by atoms with Crippen LogP contribution >= 0.6 is 46.4 Å². The number of benzene rings is 2. The highest BCUT2D eigenvalue weighted by Gasteiger charge is 2.12. The lowest BCUT2D eigenvalue weighted by atomic mass is 10.2. The van der Waals surface area contributed by atoms with E-state index in [1.54, 1.807) is 18.2 Å². The Hall–Kier alpha value is -0.930. The molecule has 2 aromatic rings. The van der Waals surface area contributed by atoms with Crippen LogP contribution in [0.2, 0.25) is 20.1 Å². The standard InChI is InChI=1S/C14H8Cl4O2/c15-10-2-1-3-11(16)9(10)7-20-14-12(17)4-8(6-19)5-13(14)18/h1-6H,7H2. The van der Waals surface area contributed by atoms with Gasteiger partial charge in [-0.05, 0) is 24.3 Å². The topological polar surface area (TPSA) is 26.3 Å². The Bertz CT molecular complexity index is 612. The fraction of sp³-hybridized carbons (Fsp3) is 0.0714. The van der Waals surface area contributed by atoms with Gasteiger partial charge in [0.1, 0.15) is 12.9 Å². The van der Waals surface area contributed by atoms with Gasteiger partial charge in [-0.2, -0.15) is 0 Å². The Morgan fingerprint density at radius 1 is 0.950 bits per heavy atom. The molecule has 0 N–H and O–H groups in total. The van der Waals surface area contributed by atoms with Crippen molar-refractivity contribution in [3.05, 3.63) is 61.5 Å². The quantitative estimate of drug-likeness (QED) is 0.662. The number of hydrogen-bond donors (Lipinski definition) is 0. The molecule has 0 radical (unpaired) electrons. The van der Waals surface area contributed by atoms with E-state index in [1.807, 2.05) is 0 Å². The number of rotatable bonds is 4. The van der Waals surface area contributed by atoms with Crippen molar-refractivity contribution in [1.82, 2.24) is 0 Å². The van der Waals surface area contributed by atoms with E-state index in [0.29, 0.717) is 27.5 Å². The molecule has 0 amide bonds. The van der Waals surface area contributed by atoms with Gasteiger partial charge >= 0.3 is 0 Å². The third-order valence-corrected chi connectivity index (χ3v) is 3.85. The van der Waals surface area contributed by atoms with E-state index in [0.717, 1.165) is 0 Å². The second kappa shape index (κ2) is 6.68. The highest BCUT2D eigenvalue weighted by Crippen LogP contribution is 2.35. The van der Waals surface area contributed by atoms with Crippen molar-refractivity contribution in [2.24, 2.45) is 0 Å². The molecule has 0 unspecified atom stereocenters. The molecular weight excluding hydrogens is 342 g/mol. The number of ether oxygens (including phenoxy) is 1. The summed E-state index contributed by atoms with van der Waals surface area (Å²) in [5, 5.41) is 1.49. The van der Waals surface area contributed by atoms with Crippen LogP contribution < -0.4 is 4.74 Å². The SMILES string of the molecule is O=Cc1cc(Cl)c(OCc2c(Cl)cccc2Cl)c(Cl)c1. The van der Waals surface area contributed by atoms with Gasteiger partial charge in [0.25, 0.3) is 0 Å². The monoisotopic (exact) mass is 348 g/mol. The first kappa shape index (κ1) is 15.5. The maximum atomic E-state index is 10.7. The molecule has 0 aliphatic carbocycles. The van der Waals surface area contributed by atoms with E-state index in [9.17, 15) is 4.79 Å². The van der Waals surface area contributed by atoms with Crippen LogP contribution in [0.5, 0.6) is 5.75 Å². The average Bonchev–Trinajstić information content (AvgIpc) is 2.40. The lowest BCUT2D eigenvalue weighted by Crippen LogP contribution is -1.99. The summed E-state index contributed by atoms with van der Waals surface area (Å²) < 4.78 is 5.57. The van der Waals surface area contributed by atoms with Crippen molar-refractivity contribution in [3.8, 4) is 5.75 Å². The number of aldehydes is 1. The Morgan fingerprint density at radius 3 is 2.00 bits per heavy atom. The van der Waals surface area contributed by atoms with Gasteiger partial charge in [0.05, 0.1) is 10.0 Å². The Morgan fingerprint density at radius 2 is 1.50 bits per heavy atom. The van der Waals surface area contributed by atoms with Crippen molar-refractivity contribution in [2.75, 3.05) is 0 Å². The van der Waals surface area contributed by atoms with Gasteiger partial charge in [-0.25, -0.2) is 0 Å². The zero-order valence-corrected chi connectivity index (χ0v) is 13.0. The van der Waals surface area contributed by atoms with Crippen molar-refractivity contribution < 1.29 is 9.53 Å². The van der Waals surface area contributed by atoms with E-state index < -0.39 is 0 Å². The molecule has 0 heterocycles. The van der Waals surface area contributed by atoms with Gasteiger partial charge in [-0.1, -0.05) is 52.5 Å². The third kappa shape index (κ3) is 3.39. The molecule has 0 aliphatic rings. The predicted molar refractivity (Wildman–Crippen MR) is 82.6 cm³/mol. The van der Waals surface area contributed by atoms with Crippen LogP contribution in [0.15, 0.2) is 30.3 Å². The highest BCUT2D eigenvalue weighted by atomic mass is 35.5. The Labute approximate surface area is 136 Å². The molecule has 0 bridgehead atoms. The van der Waals surface area contributed by atoms with Crippen LogP contribution in [-0.4, -0.2) is 6.29 Å². The molecule has 0 spiro atoms. The average molecular weight is 350 g/mol. The van der Waals surface area contributed by atoms with Gasteiger partial charge in [0, 0.05) is 21.2 Å². The minimum atomic E-state index is 0.123. The van der Waals surface area contributed by atoms with Gasteiger partial charge in [0.15, 0.2) is 5.75 Å². The van der Waals surface area contributed by atoms with Crippen LogP contribution in [0.3, 0.4) is 0 Å². The van der Waals surface area contributed by atoms with Crippen molar-refractivity contribution in [3.63, 3.8) is 0 Å². The maximum Gasteiger partial charge on any atom is 0.157 e. The summed E-state index contributed by atoms with van der Waals surface area (Å²) in [5.74, 6) is 0.287. The fourth-order valence-electron chi connectivity index (χ4n) is 1.60. The number of carbonyl (C=O) groups is 1. The van der Waals surface area contributed by atoms with E-state index in [1.165, 1.54) is 12.1 Å². The molecule has 2 nitrogen and oxygen atoms in total. The Balaban J connectivity index is 2.26. The molecule has 0 aromatic heterocycles. The van der Waals surface area contributed by atoms with Gasteiger partial charge in [0.2, 0.25) is 0 Å². The van der Waals surface area contributed by atoms with E-state index in [-0.39, 0.29) is 22.4 Å². The maximum absolute atomic E-state index is 10.7. The first-order valence-electron chi connectivity index (χ1n) is 5.53. The highest BCUT2D eigenvalue weighted by molar-refractivity contribution is 6.37. The van der Waals surface area contributed by atoms with Gasteiger partial charge in [-0.15, -0.1) is 0 Å². The summed E-state index contributed by atoms with van der Waals surface area (Å²) in [5.41, 5.74) is 1.02. The van der Waals surface area contributed by atoms with E-state index in [2.05, 4.69) is 0 Å². The second-order valence-electron chi connectivity index (χ2n) is 3.92. The molecule has 6 heteroatoms. The minimum Gasteiger partial charge on any atom is -0.486 e. The Kier molecular flexibility index (Phi) is 5.17. The zero-order chi connectivity index (χ0) is 14.7. The summed E-state index contributed by atoms with van der Waals surface area (Å²) in [6, 6.07) is 8.12. The fourth-order valence-corrected chi connectivity index (χ4v) is 2.72. The van der Waals surface area contributed by atoms with Crippen LogP contribution in [0.4, 0.5) is 0 Å². The van der Waals surface area contributed by atoms with Crippen LogP contribution in [0.1, 0.15) is 15.9 Å². The number of halogens is 4. The molecule has 0 fully saturated rings. The summed E-state index contributed by atoms with van der Waals surface area (Å²) in [4.78, 5) is 10.7. The van der Waals surface area contributed by atoms with Crippen molar-refractivity contribution >= 4 is 52.7 Å². The predicted octanol–water partition coefficient (Wildman–Crippen LogP) is 5.69. The first-order chi connectivity index (χ1) is 9.52. The minimum absolute atomic E-state index is 0.123. The van der Waals surface area contributed by atoms with Crippen LogP contribution in [-0.2, 0) is 6.61 Å². The third-order valence-electron chi connectivity index (χ3n) is 2.58. The smallest absolute Gasteiger partial charge is 0.157 e. The molecule has 104 valence electrons. The lowest BCUT2D eigenvalue weighted by molar-refractivity contribution is 0.112. The van der Waals surface area contributed by atoms with Gasteiger partial charge in [-0.3, -0.25) is 4.79 Å². The molecule has 0 saturated carbocycles. The molecule has 2 aromatic carbocycles. The second-order valence-corrected chi connectivity index (χ2v) is 5.55. The summed E-state index contributed by atoms with van der Waals surface area (Å²) in [6.45, 7) is 0.123. The van der Waals surface area contributed by atoms with Crippen LogP contribution in [0, 0.1) is 0 Å². The zero-order valence-electron chi connectivity index (χ0n) is 10.00. The largest absolute Gasteiger partial charge is 0.486 e. The number of carbonyl (C=O) groups excluding carboxylic acids is 1. The normalized spacial score (nSPS) is 10.4. The summed E-state index contributed by atoms with van der Waals surface area (Å²) in [7, 11) is 0. The lowest BCUT2D eigenvalue weighted by Gasteiger charge is -2.12.